The molecule has 24 heavy (non-hydrogen) atoms. The molecule has 122 valence electrons. The van der Waals surface area contributed by atoms with E-state index < -0.39 is 5.82 Å². The van der Waals surface area contributed by atoms with Crippen LogP contribution >= 0.6 is 23.2 Å². The zero-order chi connectivity index (χ0) is 16.9. The summed E-state index contributed by atoms with van der Waals surface area (Å²) < 4.78 is 24.6. The molecule has 0 atom stereocenters. The van der Waals surface area contributed by atoms with E-state index >= 15 is 0 Å². The Hall–Kier alpha value is -2.37. The second kappa shape index (κ2) is 7.47. The van der Waals surface area contributed by atoms with Crippen LogP contribution in [0.15, 0.2) is 54.7 Å². The summed E-state index contributed by atoms with van der Waals surface area (Å²) in [5, 5.41) is 0.621. The summed E-state index contributed by atoms with van der Waals surface area (Å²) in [6.45, 7) is 0.286. The van der Waals surface area contributed by atoms with Crippen LogP contribution in [0.5, 0.6) is 17.4 Å². The van der Waals surface area contributed by atoms with E-state index in [4.69, 9.17) is 32.7 Å². The van der Waals surface area contributed by atoms with Crippen molar-refractivity contribution >= 4 is 23.2 Å². The Labute approximate surface area is 147 Å². The maximum atomic E-state index is 13.6. The molecule has 0 aliphatic heterocycles. The Morgan fingerprint density at radius 2 is 1.75 bits per heavy atom. The summed E-state index contributed by atoms with van der Waals surface area (Å²) >= 11 is 11.5. The predicted octanol–water partition coefficient (Wildman–Crippen LogP) is 5.29. The molecule has 4 nitrogen and oxygen atoms in total. The average molecular weight is 365 g/mol. The molecule has 0 aliphatic rings. The lowest BCUT2D eigenvalue weighted by molar-refractivity contribution is 0.301. The molecule has 1 aromatic carbocycles. The number of benzene rings is 1. The highest BCUT2D eigenvalue weighted by atomic mass is 35.5. The molecule has 0 N–H and O–H groups in total. The second-order valence-electron chi connectivity index (χ2n) is 4.75. The van der Waals surface area contributed by atoms with Gasteiger partial charge in [0.05, 0.1) is 10.7 Å². The topological polar surface area (TPSA) is 44.2 Å². The maximum absolute atomic E-state index is 13.6. The van der Waals surface area contributed by atoms with Crippen molar-refractivity contribution in [1.82, 2.24) is 9.97 Å². The van der Waals surface area contributed by atoms with Crippen LogP contribution in [0.4, 0.5) is 4.39 Å². The molecule has 0 radical (unpaired) electrons. The van der Waals surface area contributed by atoms with Crippen LogP contribution in [0.1, 0.15) is 5.69 Å². The van der Waals surface area contributed by atoms with Gasteiger partial charge in [0.1, 0.15) is 23.3 Å². The van der Waals surface area contributed by atoms with Gasteiger partial charge in [-0.05, 0) is 42.5 Å². The first-order chi connectivity index (χ1) is 11.6. The van der Waals surface area contributed by atoms with Gasteiger partial charge < -0.3 is 9.47 Å². The van der Waals surface area contributed by atoms with Crippen molar-refractivity contribution in [2.24, 2.45) is 0 Å². The van der Waals surface area contributed by atoms with Crippen molar-refractivity contribution in [3.63, 3.8) is 0 Å². The first-order valence-electron chi connectivity index (χ1n) is 6.93. The summed E-state index contributed by atoms with van der Waals surface area (Å²) in [5.41, 5.74) is 0.718. The van der Waals surface area contributed by atoms with Gasteiger partial charge in [-0.3, -0.25) is 0 Å². The number of nitrogens with zero attached hydrogens (tertiary/aromatic N) is 2. The number of hydrogen-bond donors (Lipinski definition) is 0. The van der Waals surface area contributed by atoms with E-state index in [1.807, 2.05) is 6.07 Å². The van der Waals surface area contributed by atoms with E-state index in [1.165, 1.54) is 6.20 Å². The molecule has 0 spiro atoms. The molecular weight excluding hydrogens is 354 g/mol. The van der Waals surface area contributed by atoms with Gasteiger partial charge in [0.25, 0.3) is 5.88 Å². The Morgan fingerprint density at radius 1 is 1.00 bits per heavy atom. The Bertz CT molecular complexity index is 844. The Balaban J connectivity index is 1.62. The standard InChI is InChI=1S/C17H11Cl2FN2O2/c18-11-8-15(20)17(21-9-11)24-14-6-4-13(5-7-14)23-10-12-2-1-3-16(19)22-12/h1-9H,10H2. The van der Waals surface area contributed by atoms with Gasteiger partial charge in [-0.2, -0.15) is 0 Å². The summed E-state index contributed by atoms with van der Waals surface area (Å²) in [4.78, 5) is 7.93. The fourth-order valence-corrected chi connectivity index (χ4v) is 2.21. The smallest absolute Gasteiger partial charge is 0.255 e. The number of pyridine rings is 2. The summed E-state index contributed by atoms with van der Waals surface area (Å²) in [5.74, 6) is 0.275. The molecule has 0 saturated heterocycles. The van der Waals surface area contributed by atoms with E-state index in [0.29, 0.717) is 16.7 Å². The number of aromatic nitrogens is 2. The fourth-order valence-electron chi connectivity index (χ4n) is 1.88. The van der Waals surface area contributed by atoms with Gasteiger partial charge >= 0.3 is 0 Å². The van der Waals surface area contributed by atoms with E-state index in [9.17, 15) is 4.39 Å². The highest BCUT2D eigenvalue weighted by Gasteiger charge is 2.07. The lowest BCUT2D eigenvalue weighted by Crippen LogP contribution is -1.98. The number of ether oxygens (including phenoxy) is 2. The van der Waals surface area contributed by atoms with Gasteiger partial charge in [-0.1, -0.05) is 29.3 Å². The van der Waals surface area contributed by atoms with Gasteiger partial charge in [-0.25, -0.2) is 14.4 Å². The van der Waals surface area contributed by atoms with Crippen molar-refractivity contribution < 1.29 is 13.9 Å². The quantitative estimate of drug-likeness (QED) is 0.576. The highest BCUT2D eigenvalue weighted by molar-refractivity contribution is 6.30. The van der Waals surface area contributed by atoms with Crippen LogP contribution in [0.3, 0.4) is 0 Å². The molecule has 2 heterocycles. The van der Waals surface area contributed by atoms with Crippen LogP contribution < -0.4 is 9.47 Å². The van der Waals surface area contributed by atoms with E-state index in [1.54, 1.807) is 36.4 Å². The number of halogens is 3. The number of hydrogen-bond acceptors (Lipinski definition) is 4. The van der Waals surface area contributed by atoms with E-state index in [0.717, 1.165) is 11.8 Å². The largest absolute Gasteiger partial charge is 0.487 e. The van der Waals surface area contributed by atoms with Crippen molar-refractivity contribution in [2.75, 3.05) is 0 Å². The maximum Gasteiger partial charge on any atom is 0.255 e. The lowest BCUT2D eigenvalue weighted by atomic mass is 10.3. The van der Waals surface area contributed by atoms with Crippen LogP contribution in [-0.2, 0) is 6.61 Å². The summed E-state index contributed by atoms with van der Waals surface area (Å²) in [6, 6.07) is 13.2. The van der Waals surface area contributed by atoms with Crippen molar-refractivity contribution in [3.05, 3.63) is 76.4 Å². The minimum Gasteiger partial charge on any atom is -0.487 e. The van der Waals surface area contributed by atoms with Crippen LogP contribution in [0, 0.1) is 5.82 Å². The molecular formula is C17H11Cl2FN2O2. The SMILES string of the molecule is Fc1cc(Cl)cnc1Oc1ccc(OCc2cccc(Cl)n2)cc1. The molecule has 0 fully saturated rings. The highest BCUT2D eigenvalue weighted by Crippen LogP contribution is 2.26. The van der Waals surface area contributed by atoms with E-state index in [-0.39, 0.29) is 17.5 Å². The van der Waals surface area contributed by atoms with Crippen molar-refractivity contribution in [1.29, 1.82) is 0 Å². The first kappa shape index (κ1) is 16.5. The third-order valence-electron chi connectivity index (χ3n) is 2.97. The van der Waals surface area contributed by atoms with Gasteiger partial charge in [0, 0.05) is 6.20 Å². The average Bonchev–Trinajstić information content (AvgIpc) is 2.57. The molecule has 2 aromatic heterocycles. The Morgan fingerprint density at radius 3 is 2.46 bits per heavy atom. The molecule has 7 heteroatoms. The van der Waals surface area contributed by atoms with Crippen LogP contribution in [-0.4, -0.2) is 9.97 Å². The molecule has 0 saturated carbocycles. The zero-order valence-corrected chi connectivity index (χ0v) is 13.8. The molecule has 0 aliphatic carbocycles. The zero-order valence-electron chi connectivity index (χ0n) is 12.2. The molecule has 0 unspecified atom stereocenters. The van der Waals surface area contributed by atoms with Gasteiger partial charge in [0.2, 0.25) is 0 Å². The Kier molecular flexibility index (Phi) is 5.13. The van der Waals surface area contributed by atoms with Crippen molar-refractivity contribution in [2.45, 2.75) is 6.61 Å². The lowest BCUT2D eigenvalue weighted by Gasteiger charge is -2.08. The minimum absolute atomic E-state index is 0.142. The molecule has 3 aromatic rings. The van der Waals surface area contributed by atoms with E-state index in [2.05, 4.69) is 9.97 Å². The first-order valence-corrected chi connectivity index (χ1v) is 7.69. The summed E-state index contributed by atoms with van der Waals surface area (Å²) in [7, 11) is 0. The second-order valence-corrected chi connectivity index (χ2v) is 5.58. The monoisotopic (exact) mass is 364 g/mol. The van der Waals surface area contributed by atoms with Crippen LogP contribution in [0.25, 0.3) is 0 Å². The van der Waals surface area contributed by atoms with Gasteiger partial charge in [-0.15, -0.1) is 0 Å². The van der Waals surface area contributed by atoms with Crippen LogP contribution in [0.2, 0.25) is 10.2 Å². The fraction of sp³-hybridized carbons (Fsp3) is 0.0588. The third kappa shape index (κ3) is 4.34. The summed E-state index contributed by atoms with van der Waals surface area (Å²) in [6.07, 6.45) is 1.31. The third-order valence-corrected chi connectivity index (χ3v) is 3.39. The number of rotatable bonds is 5. The van der Waals surface area contributed by atoms with Crippen molar-refractivity contribution in [3.8, 4) is 17.4 Å². The molecule has 3 rings (SSSR count). The predicted molar refractivity (Wildman–Crippen MR) is 89.3 cm³/mol. The van der Waals surface area contributed by atoms with Gasteiger partial charge in [0.15, 0.2) is 5.82 Å². The molecule has 0 amide bonds. The minimum atomic E-state index is -0.630. The molecule has 0 bridgehead atoms. The normalized spacial score (nSPS) is 10.5.